The van der Waals surface area contributed by atoms with Gasteiger partial charge >= 0.3 is 0 Å². The van der Waals surface area contributed by atoms with Gasteiger partial charge in [-0.25, -0.2) is 0 Å². The van der Waals surface area contributed by atoms with Gasteiger partial charge in [0, 0.05) is 17.1 Å². The maximum absolute atomic E-state index is 12.6. The lowest BCUT2D eigenvalue weighted by Gasteiger charge is -2.12. The van der Waals surface area contributed by atoms with E-state index in [1.165, 1.54) is 0 Å². The highest BCUT2D eigenvalue weighted by Gasteiger charge is 2.12. The van der Waals surface area contributed by atoms with Crippen LogP contribution in [0.5, 0.6) is 11.5 Å². The zero-order chi connectivity index (χ0) is 17.6. The number of ether oxygens (including phenoxy) is 2. The van der Waals surface area contributed by atoms with Gasteiger partial charge in [0.2, 0.25) is 0 Å². The number of fused-ring (bicyclic) bond motifs is 1. The van der Waals surface area contributed by atoms with Crippen LogP contribution in [0.4, 0.5) is 5.69 Å². The second kappa shape index (κ2) is 7.66. The summed E-state index contributed by atoms with van der Waals surface area (Å²) in [4.78, 5) is 17.0. The molecule has 2 aromatic carbocycles. The summed E-state index contributed by atoms with van der Waals surface area (Å²) in [7, 11) is 0. The number of nitrogens with one attached hydrogen (secondary N) is 1. The lowest BCUT2D eigenvalue weighted by atomic mass is 10.1. The van der Waals surface area contributed by atoms with E-state index < -0.39 is 0 Å². The van der Waals surface area contributed by atoms with Crippen LogP contribution in [0, 0.1) is 0 Å². The van der Waals surface area contributed by atoms with Gasteiger partial charge in [0.15, 0.2) is 0 Å². The molecule has 0 aliphatic rings. The van der Waals surface area contributed by atoms with Crippen molar-refractivity contribution in [1.29, 1.82) is 0 Å². The van der Waals surface area contributed by atoms with Crippen molar-refractivity contribution in [2.24, 2.45) is 0 Å². The summed E-state index contributed by atoms with van der Waals surface area (Å²) in [5.74, 6) is 1.18. The molecule has 3 rings (SSSR count). The molecule has 5 nitrogen and oxygen atoms in total. The molecule has 1 amide bonds. The third kappa shape index (κ3) is 3.71. The van der Waals surface area contributed by atoms with Crippen molar-refractivity contribution in [2.45, 2.75) is 13.8 Å². The summed E-state index contributed by atoms with van der Waals surface area (Å²) in [5, 5.41) is 3.79. The average molecular weight is 336 g/mol. The van der Waals surface area contributed by atoms with Gasteiger partial charge in [0.25, 0.3) is 5.91 Å². The quantitative estimate of drug-likeness (QED) is 0.730. The summed E-state index contributed by atoms with van der Waals surface area (Å²) in [6.07, 6.45) is 1.71. The highest BCUT2D eigenvalue weighted by Crippen LogP contribution is 2.30. The van der Waals surface area contributed by atoms with Gasteiger partial charge in [-0.15, -0.1) is 0 Å². The Morgan fingerprint density at radius 1 is 1.04 bits per heavy atom. The van der Waals surface area contributed by atoms with Crippen molar-refractivity contribution in [3.05, 3.63) is 60.3 Å². The van der Waals surface area contributed by atoms with Crippen LogP contribution < -0.4 is 14.8 Å². The molecule has 0 aliphatic carbocycles. The standard InChI is InChI=1S/C20H20N2O3/c1-3-24-15-8-5-7-14(13-15)20(23)22-17-10-11-18(25-4-2)19-16(17)9-6-12-21-19/h5-13H,3-4H2,1-2H3,(H,22,23). The summed E-state index contributed by atoms with van der Waals surface area (Å²) in [6, 6.07) is 14.5. The molecule has 128 valence electrons. The number of anilines is 1. The fraction of sp³-hybridized carbons (Fsp3) is 0.200. The first-order valence-corrected chi connectivity index (χ1v) is 8.27. The van der Waals surface area contributed by atoms with Crippen LogP contribution in [0.2, 0.25) is 0 Å². The molecule has 0 spiro atoms. The Bertz CT molecular complexity index is 893. The van der Waals surface area contributed by atoms with Crippen molar-refractivity contribution < 1.29 is 14.3 Å². The summed E-state index contributed by atoms with van der Waals surface area (Å²) in [5.41, 5.74) is 1.96. The van der Waals surface area contributed by atoms with Crippen molar-refractivity contribution in [1.82, 2.24) is 4.98 Å². The van der Waals surface area contributed by atoms with Crippen molar-refractivity contribution >= 4 is 22.5 Å². The SMILES string of the molecule is CCOc1cccc(C(=O)Nc2ccc(OCC)c3ncccc23)c1. The summed E-state index contributed by atoms with van der Waals surface area (Å²) >= 11 is 0. The van der Waals surface area contributed by atoms with E-state index in [-0.39, 0.29) is 5.91 Å². The van der Waals surface area contributed by atoms with Crippen LogP contribution in [-0.2, 0) is 0 Å². The molecule has 1 N–H and O–H groups in total. The number of hydrogen-bond donors (Lipinski definition) is 1. The first-order chi connectivity index (χ1) is 12.2. The van der Waals surface area contributed by atoms with Gasteiger partial charge in [-0.2, -0.15) is 0 Å². The molecule has 25 heavy (non-hydrogen) atoms. The Morgan fingerprint density at radius 3 is 2.68 bits per heavy atom. The number of carbonyl (C=O) groups is 1. The Kier molecular flexibility index (Phi) is 5.14. The lowest BCUT2D eigenvalue weighted by molar-refractivity contribution is 0.102. The third-order valence-electron chi connectivity index (χ3n) is 3.69. The van der Waals surface area contributed by atoms with E-state index in [0.717, 1.165) is 10.9 Å². The first kappa shape index (κ1) is 16.8. The fourth-order valence-electron chi connectivity index (χ4n) is 2.62. The van der Waals surface area contributed by atoms with Crippen molar-refractivity contribution in [3.8, 4) is 11.5 Å². The molecule has 1 aromatic heterocycles. The predicted molar refractivity (Wildman–Crippen MR) is 98.5 cm³/mol. The Balaban J connectivity index is 1.91. The minimum absolute atomic E-state index is 0.198. The molecule has 0 fully saturated rings. The van der Waals surface area contributed by atoms with E-state index in [4.69, 9.17) is 9.47 Å². The number of benzene rings is 2. The number of nitrogens with zero attached hydrogens (tertiary/aromatic N) is 1. The maximum Gasteiger partial charge on any atom is 0.255 e. The van der Waals surface area contributed by atoms with Gasteiger partial charge < -0.3 is 14.8 Å². The summed E-state index contributed by atoms with van der Waals surface area (Å²) in [6.45, 7) is 4.95. The van der Waals surface area contributed by atoms with Gasteiger partial charge in [0.1, 0.15) is 17.0 Å². The number of carbonyl (C=O) groups excluding carboxylic acids is 1. The molecular weight excluding hydrogens is 316 g/mol. The van der Waals surface area contributed by atoms with Gasteiger partial charge in [-0.3, -0.25) is 9.78 Å². The van der Waals surface area contributed by atoms with E-state index >= 15 is 0 Å². The second-order valence-electron chi connectivity index (χ2n) is 5.36. The molecular formula is C20H20N2O3. The Labute approximate surface area is 146 Å². The van der Waals surface area contributed by atoms with E-state index in [0.29, 0.717) is 36.0 Å². The molecule has 0 unspecified atom stereocenters. The fourth-order valence-corrected chi connectivity index (χ4v) is 2.62. The predicted octanol–water partition coefficient (Wildman–Crippen LogP) is 4.28. The van der Waals surface area contributed by atoms with E-state index in [1.54, 1.807) is 24.4 Å². The van der Waals surface area contributed by atoms with Crippen LogP contribution in [0.3, 0.4) is 0 Å². The topological polar surface area (TPSA) is 60.5 Å². The smallest absolute Gasteiger partial charge is 0.255 e. The van der Waals surface area contributed by atoms with Crippen molar-refractivity contribution in [2.75, 3.05) is 18.5 Å². The molecule has 1 heterocycles. The van der Waals surface area contributed by atoms with Crippen LogP contribution in [0.25, 0.3) is 10.9 Å². The molecule has 0 saturated heterocycles. The largest absolute Gasteiger partial charge is 0.494 e. The molecule has 5 heteroatoms. The van der Waals surface area contributed by atoms with E-state index in [1.807, 2.05) is 44.2 Å². The monoisotopic (exact) mass is 336 g/mol. The molecule has 0 radical (unpaired) electrons. The van der Waals surface area contributed by atoms with Gasteiger partial charge in [-0.1, -0.05) is 6.07 Å². The third-order valence-corrected chi connectivity index (χ3v) is 3.69. The van der Waals surface area contributed by atoms with Crippen LogP contribution >= 0.6 is 0 Å². The molecule has 0 aliphatic heterocycles. The number of pyridine rings is 1. The first-order valence-electron chi connectivity index (χ1n) is 8.27. The lowest BCUT2D eigenvalue weighted by Crippen LogP contribution is -2.12. The number of hydrogen-bond acceptors (Lipinski definition) is 4. The van der Waals surface area contributed by atoms with E-state index in [2.05, 4.69) is 10.3 Å². The Morgan fingerprint density at radius 2 is 1.88 bits per heavy atom. The maximum atomic E-state index is 12.6. The number of amides is 1. The summed E-state index contributed by atoms with van der Waals surface area (Å²) < 4.78 is 11.1. The average Bonchev–Trinajstić information content (AvgIpc) is 2.64. The van der Waals surface area contributed by atoms with Crippen LogP contribution in [-0.4, -0.2) is 24.1 Å². The minimum Gasteiger partial charge on any atom is -0.494 e. The molecule has 3 aromatic rings. The highest BCUT2D eigenvalue weighted by atomic mass is 16.5. The van der Waals surface area contributed by atoms with Crippen LogP contribution in [0.15, 0.2) is 54.7 Å². The molecule has 0 saturated carbocycles. The van der Waals surface area contributed by atoms with Crippen LogP contribution in [0.1, 0.15) is 24.2 Å². The number of rotatable bonds is 6. The van der Waals surface area contributed by atoms with Crippen molar-refractivity contribution in [3.63, 3.8) is 0 Å². The second-order valence-corrected chi connectivity index (χ2v) is 5.36. The molecule has 0 bridgehead atoms. The molecule has 0 atom stereocenters. The Hall–Kier alpha value is -3.08. The zero-order valence-corrected chi connectivity index (χ0v) is 14.3. The normalized spacial score (nSPS) is 10.5. The van der Waals surface area contributed by atoms with E-state index in [9.17, 15) is 4.79 Å². The minimum atomic E-state index is -0.198. The zero-order valence-electron chi connectivity index (χ0n) is 14.3. The van der Waals surface area contributed by atoms with Gasteiger partial charge in [-0.05, 0) is 56.3 Å². The number of aromatic nitrogens is 1. The van der Waals surface area contributed by atoms with Gasteiger partial charge in [0.05, 0.1) is 18.9 Å². The highest BCUT2D eigenvalue weighted by molar-refractivity contribution is 6.09.